The zero-order chi connectivity index (χ0) is 40.9. The second kappa shape index (κ2) is 17.0. The summed E-state index contributed by atoms with van der Waals surface area (Å²) in [6, 6.07) is 0. The van der Waals surface area contributed by atoms with E-state index in [-0.39, 0.29) is 36.6 Å². The minimum atomic E-state index is -1.96. The summed E-state index contributed by atoms with van der Waals surface area (Å²) in [5.41, 5.74) is -0.551. The standard InChI is InChI=1S/C44H68O13/c1-25-21-34(55-44(23-25)35(46)12-11-31(54-44)24-41(6,50)40(48)49)26(2)9-10-30-14-18-43(53-30)19-15-33-39(57-43)36(47)29(5)38(52-33)32(45)22-28(4)37-27(3)13-17-42(56-37)16-7-8-20-51-42/h9-10,23,26-28,30-39,45-47,50H,5,7-8,11-22,24H2,1-4,6H3,(H,48,49)/b10-9+/t26-,27-,28+,30+,31+,32-,33+,34-,35+,36-,37-,38+,39-,41-,42+,43-,44+/m1/s1. The van der Waals surface area contributed by atoms with Crippen LogP contribution in [0, 0.1) is 17.8 Å². The van der Waals surface area contributed by atoms with Crippen molar-refractivity contribution in [3.8, 4) is 0 Å². The number of hydrogen-bond donors (Lipinski definition) is 5. The monoisotopic (exact) mass is 804 g/mol. The highest BCUT2D eigenvalue weighted by atomic mass is 16.7. The van der Waals surface area contributed by atoms with Crippen LogP contribution in [0.2, 0.25) is 0 Å². The van der Waals surface area contributed by atoms with Crippen LogP contribution >= 0.6 is 0 Å². The Kier molecular flexibility index (Phi) is 12.9. The van der Waals surface area contributed by atoms with Crippen LogP contribution < -0.4 is 0 Å². The van der Waals surface area contributed by atoms with Gasteiger partial charge in [0, 0.05) is 38.0 Å². The van der Waals surface area contributed by atoms with Crippen LogP contribution in [0.4, 0.5) is 0 Å². The molecule has 6 saturated heterocycles. The molecule has 322 valence electrons. The van der Waals surface area contributed by atoms with Gasteiger partial charge in [-0.25, -0.2) is 4.79 Å². The molecule has 57 heavy (non-hydrogen) atoms. The number of carboxylic acids is 1. The van der Waals surface area contributed by atoms with Crippen LogP contribution in [0.15, 0.2) is 36.0 Å². The first-order valence-electron chi connectivity index (χ1n) is 21.7. The SMILES string of the molecule is C=C1[C@@H](O)[C@@H]2O[C@@]3(CC[C@@H]2O[C@@H]1[C@H](O)C[C@H](C)[C@@H]1O[C@@]2(CCCCO2)CC[C@H]1C)CC[C@H](/C=C/[C@@H](C)[C@H]1CC(C)=C[C@]2(O[C@H](C[C@@](C)(O)C(=O)O)CC[C@@H]2O)O1)O3. The molecule has 0 aromatic carbocycles. The first kappa shape index (κ1) is 43.3. The number of ether oxygens (including phenoxy) is 7. The van der Waals surface area contributed by atoms with Crippen LogP contribution in [0.3, 0.4) is 0 Å². The maximum atomic E-state index is 11.6. The van der Waals surface area contributed by atoms with Crippen molar-refractivity contribution in [3.05, 3.63) is 36.0 Å². The molecule has 13 nitrogen and oxygen atoms in total. The lowest BCUT2D eigenvalue weighted by Gasteiger charge is -2.50. The Balaban J connectivity index is 0.920. The number of carbonyl (C=O) groups is 1. The molecule has 0 unspecified atom stereocenters. The minimum absolute atomic E-state index is 0.0423. The van der Waals surface area contributed by atoms with Gasteiger partial charge in [0.1, 0.15) is 24.4 Å². The van der Waals surface area contributed by atoms with Crippen molar-refractivity contribution in [1.29, 1.82) is 0 Å². The molecule has 7 heterocycles. The van der Waals surface area contributed by atoms with Gasteiger partial charge in [0.25, 0.3) is 0 Å². The van der Waals surface area contributed by atoms with Crippen LogP contribution in [0.5, 0.6) is 0 Å². The summed E-state index contributed by atoms with van der Waals surface area (Å²) < 4.78 is 45.2. The first-order valence-corrected chi connectivity index (χ1v) is 21.7. The fourth-order valence-corrected chi connectivity index (χ4v) is 10.5. The Labute approximate surface area is 337 Å². The lowest BCUT2D eigenvalue weighted by atomic mass is 9.79. The van der Waals surface area contributed by atoms with Crippen LogP contribution in [0.25, 0.3) is 0 Å². The number of aliphatic hydroxyl groups is 4. The lowest BCUT2D eigenvalue weighted by molar-refractivity contribution is -0.321. The summed E-state index contributed by atoms with van der Waals surface area (Å²) in [7, 11) is 0. The molecule has 6 fully saturated rings. The molecule has 17 atom stereocenters. The van der Waals surface area contributed by atoms with Gasteiger partial charge in [-0.3, -0.25) is 0 Å². The number of fused-ring (bicyclic) bond motifs is 1. The summed E-state index contributed by atoms with van der Waals surface area (Å²) >= 11 is 0. The second-order valence-corrected chi connectivity index (χ2v) is 18.9. The van der Waals surface area contributed by atoms with E-state index in [1.165, 1.54) is 6.92 Å². The van der Waals surface area contributed by atoms with Gasteiger partial charge in [0.2, 0.25) is 5.79 Å². The van der Waals surface area contributed by atoms with E-state index in [0.717, 1.165) is 50.7 Å². The predicted octanol–water partition coefficient (Wildman–Crippen LogP) is 5.21. The molecular weight excluding hydrogens is 736 g/mol. The predicted molar refractivity (Wildman–Crippen MR) is 208 cm³/mol. The molecular formula is C44H68O13. The van der Waals surface area contributed by atoms with Gasteiger partial charge in [0.05, 0.1) is 43.2 Å². The fourth-order valence-electron chi connectivity index (χ4n) is 10.5. The van der Waals surface area contributed by atoms with E-state index in [2.05, 4.69) is 26.5 Å². The fraction of sp³-hybridized carbons (Fsp3) is 0.841. The Morgan fingerprint density at radius 2 is 1.75 bits per heavy atom. The molecule has 3 spiro atoms. The van der Waals surface area contributed by atoms with Gasteiger partial charge in [-0.2, -0.15) is 0 Å². The number of hydrogen-bond acceptors (Lipinski definition) is 12. The largest absolute Gasteiger partial charge is 0.479 e. The summed E-state index contributed by atoms with van der Waals surface area (Å²) in [6.07, 6.45) is 9.37. The average molecular weight is 805 g/mol. The van der Waals surface area contributed by atoms with Crippen molar-refractivity contribution in [1.82, 2.24) is 0 Å². The van der Waals surface area contributed by atoms with Gasteiger partial charge in [-0.05, 0) is 95.1 Å². The molecule has 0 aromatic heterocycles. The molecule has 7 aliphatic rings. The molecule has 0 bridgehead atoms. The molecule has 0 aliphatic carbocycles. The van der Waals surface area contributed by atoms with Crippen molar-refractivity contribution in [2.75, 3.05) is 6.61 Å². The Morgan fingerprint density at radius 1 is 1.00 bits per heavy atom. The molecule has 7 rings (SSSR count). The van der Waals surface area contributed by atoms with E-state index in [1.807, 2.05) is 19.9 Å². The molecule has 0 saturated carbocycles. The van der Waals surface area contributed by atoms with Crippen molar-refractivity contribution in [2.24, 2.45) is 17.8 Å². The van der Waals surface area contributed by atoms with Crippen molar-refractivity contribution in [3.63, 3.8) is 0 Å². The normalized spacial score (nSPS) is 45.4. The van der Waals surface area contributed by atoms with Crippen molar-refractivity contribution < 1.29 is 63.5 Å². The number of aliphatic hydroxyl groups excluding tert-OH is 3. The lowest BCUT2D eigenvalue weighted by Crippen LogP contribution is -2.60. The maximum Gasteiger partial charge on any atom is 0.335 e. The maximum absolute atomic E-state index is 11.6. The van der Waals surface area contributed by atoms with E-state index < -0.39 is 71.7 Å². The quantitative estimate of drug-likeness (QED) is 0.182. The second-order valence-electron chi connectivity index (χ2n) is 18.9. The Bertz CT molecular complexity index is 1510. The Morgan fingerprint density at radius 3 is 2.49 bits per heavy atom. The van der Waals surface area contributed by atoms with Crippen molar-refractivity contribution >= 4 is 5.97 Å². The van der Waals surface area contributed by atoms with E-state index in [9.17, 15) is 30.3 Å². The van der Waals surface area contributed by atoms with E-state index in [4.69, 9.17) is 33.2 Å². The highest BCUT2D eigenvalue weighted by Crippen LogP contribution is 2.47. The van der Waals surface area contributed by atoms with Crippen LogP contribution in [-0.4, -0.2) is 122 Å². The molecule has 0 radical (unpaired) electrons. The van der Waals surface area contributed by atoms with Gasteiger partial charge in [0.15, 0.2) is 17.2 Å². The number of aliphatic carboxylic acids is 1. The number of carboxylic acid groups (broad SMARTS) is 1. The summed E-state index contributed by atoms with van der Waals surface area (Å²) in [4.78, 5) is 11.6. The summed E-state index contributed by atoms with van der Waals surface area (Å²) in [5, 5.41) is 54.0. The third-order valence-corrected chi connectivity index (χ3v) is 14.0. The van der Waals surface area contributed by atoms with Gasteiger partial charge >= 0.3 is 5.97 Å². The third-order valence-electron chi connectivity index (χ3n) is 14.0. The zero-order valence-electron chi connectivity index (χ0n) is 34.6. The van der Waals surface area contributed by atoms with Crippen molar-refractivity contribution in [2.45, 2.75) is 209 Å². The van der Waals surface area contributed by atoms with Gasteiger partial charge in [-0.1, -0.05) is 45.1 Å². The Hall–Kier alpha value is -1.75. The van der Waals surface area contributed by atoms with Crippen LogP contribution in [0.1, 0.15) is 125 Å². The van der Waals surface area contributed by atoms with E-state index in [0.29, 0.717) is 56.4 Å². The van der Waals surface area contributed by atoms with Gasteiger partial charge < -0.3 is 58.7 Å². The summed E-state index contributed by atoms with van der Waals surface area (Å²) in [6.45, 7) is 14.5. The molecule has 5 N–H and O–H groups in total. The van der Waals surface area contributed by atoms with Crippen LogP contribution in [-0.2, 0) is 38.0 Å². The van der Waals surface area contributed by atoms with E-state index >= 15 is 0 Å². The molecule has 13 heteroatoms. The molecule has 0 amide bonds. The molecule has 7 aliphatic heterocycles. The molecule has 0 aromatic rings. The average Bonchev–Trinajstić information content (AvgIpc) is 3.56. The number of rotatable bonds is 10. The minimum Gasteiger partial charge on any atom is -0.479 e. The third kappa shape index (κ3) is 9.15. The zero-order valence-corrected chi connectivity index (χ0v) is 34.6. The first-order chi connectivity index (χ1) is 26.9. The van der Waals surface area contributed by atoms with Gasteiger partial charge in [-0.15, -0.1) is 0 Å². The topological polar surface area (TPSA) is 183 Å². The smallest absolute Gasteiger partial charge is 0.335 e. The highest BCUT2D eigenvalue weighted by Gasteiger charge is 2.55. The summed E-state index contributed by atoms with van der Waals surface area (Å²) in [5.74, 6) is -3.82. The van der Waals surface area contributed by atoms with E-state index in [1.54, 1.807) is 6.08 Å². The highest BCUT2D eigenvalue weighted by molar-refractivity contribution is 5.76.